The second kappa shape index (κ2) is 8.42. The van der Waals surface area contributed by atoms with Gasteiger partial charge in [0.15, 0.2) is 4.34 Å². The Hall–Kier alpha value is -1.88. The zero-order valence-corrected chi connectivity index (χ0v) is 17.1. The Bertz CT molecular complexity index is 958. The molecule has 138 valence electrons. The number of amides is 2. The van der Waals surface area contributed by atoms with E-state index in [0.717, 1.165) is 20.7 Å². The number of para-hydroxylation sites is 1. The lowest BCUT2D eigenvalue weighted by molar-refractivity contribution is -0.120. The topological polar surface area (TPSA) is 84.0 Å². The summed E-state index contributed by atoms with van der Waals surface area (Å²) in [6.07, 6.45) is 0.0854. The number of rotatable bonds is 6. The Balaban J connectivity index is 1.31. The summed E-state index contributed by atoms with van der Waals surface area (Å²) in [5.41, 5.74) is 0.792. The highest BCUT2D eigenvalue weighted by Crippen LogP contribution is 2.37. The number of fused-ring (bicyclic) bond motifs is 1. The monoisotopic (exact) mass is 434 g/mol. The number of aromatic nitrogens is 2. The molecule has 2 amide bonds. The molecule has 1 atom stereocenters. The fourth-order valence-corrected chi connectivity index (χ4v) is 6.06. The van der Waals surface area contributed by atoms with Crippen LogP contribution in [0.1, 0.15) is 11.3 Å². The predicted octanol–water partition coefficient (Wildman–Crippen LogP) is 4.33. The van der Waals surface area contributed by atoms with Gasteiger partial charge in [-0.25, -0.2) is 0 Å². The van der Waals surface area contributed by atoms with E-state index in [2.05, 4.69) is 26.9 Å². The Morgan fingerprint density at radius 3 is 2.96 bits per heavy atom. The number of carbonyl (C=O) groups is 2. The lowest BCUT2D eigenvalue weighted by Crippen LogP contribution is -2.32. The third kappa shape index (κ3) is 4.70. The molecule has 1 unspecified atom stereocenters. The maximum atomic E-state index is 12.3. The van der Waals surface area contributed by atoms with Crippen LogP contribution >= 0.6 is 46.2 Å². The SMILES string of the molecule is O=C(CC1Sc2ccccc2NC1=O)Nc1nnc(SCc2cccs2)s1. The molecule has 0 saturated carbocycles. The molecule has 27 heavy (non-hydrogen) atoms. The van der Waals surface area contributed by atoms with E-state index in [0.29, 0.717) is 5.13 Å². The lowest BCUT2D eigenvalue weighted by Gasteiger charge is -2.23. The number of anilines is 2. The van der Waals surface area contributed by atoms with Gasteiger partial charge in [0.25, 0.3) is 0 Å². The molecule has 1 aliphatic heterocycles. The average Bonchev–Trinajstić information content (AvgIpc) is 3.32. The van der Waals surface area contributed by atoms with E-state index in [1.165, 1.54) is 28.0 Å². The van der Waals surface area contributed by atoms with Crippen LogP contribution < -0.4 is 10.6 Å². The summed E-state index contributed by atoms with van der Waals surface area (Å²) in [5, 5.41) is 15.7. The molecule has 4 rings (SSSR count). The first-order valence-electron chi connectivity index (χ1n) is 8.02. The summed E-state index contributed by atoms with van der Waals surface area (Å²) in [6, 6.07) is 11.7. The number of carbonyl (C=O) groups excluding carboxylic acids is 2. The van der Waals surface area contributed by atoms with Crippen molar-refractivity contribution in [1.29, 1.82) is 0 Å². The summed E-state index contributed by atoms with van der Waals surface area (Å²) in [7, 11) is 0. The van der Waals surface area contributed by atoms with E-state index < -0.39 is 5.25 Å². The Morgan fingerprint density at radius 1 is 1.22 bits per heavy atom. The molecule has 2 aromatic heterocycles. The molecule has 0 bridgehead atoms. The number of thiophene rings is 1. The summed E-state index contributed by atoms with van der Waals surface area (Å²) in [5.74, 6) is 0.435. The van der Waals surface area contributed by atoms with Gasteiger partial charge >= 0.3 is 0 Å². The van der Waals surface area contributed by atoms with Gasteiger partial charge in [-0.15, -0.1) is 33.3 Å². The van der Waals surface area contributed by atoms with Gasteiger partial charge in [-0.05, 0) is 23.6 Å². The molecule has 1 aliphatic rings. The zero-order valence-electron chi connectivity index (χ0n) is 13.9. The molecule has 3 heterocycles. The van der Waals surface area contributed by atoms with Gasteiger partial charge in [-0.3, -0.25) is 9.59 Å². The normalized spacial score (nSPS) is 15.9. The lowest BCUT2D eigenvalue weighted by atomic mass is 10.2. The van der Waals surface area contributed by atoms with Crippen LogP contribution in [0.3, 0.4) is 0 Å². The Labute approximate surface area is 172 Å². The minimum Gasteiger partial charge on any atom is -0.324 e. The van der Waals surface area contributed by atoms with Gasteiger partial charge in [0.2, 0.25) is 16.9 Å². The van der Waals surface area contributed by atoms with Crippen molar-refractivity contribution in [3.05, 3.63) is 46.7 Å². The minimum atomic E-state index is -0.458. The van der Waals surface area contributed by atoms with Crippen molar-refractivity contribution < 1.29 is 9.59 Å². The van der Waals surface area contributed by atoms with Crippen molar-refractivity contribution >= 4 is 68.8 Å². The van der Waals surface area contributed by atoms with Crippen molar-refractivity contribution in [2.24, 2.45) is 0 Å². The van der Waals surface area contributed by atoms with Crippen LogP contribution in [-0.4, -0.2) is 27.3 Å². The van der Waals surface area contributed by atoms with E-state index in [1.807, 2.05) is 35.7 Å². The predicted molar refractivity (Wildman–Crippen MR) is 112 cm³/mol. The molecule has 3 aromatic rings. The molecule has 1 aromatic carbocycles. The number of nitrogens with zero attached hydrogens (tertiary/aromatic N) is 2. The molecule has 2 N–H and O–H groups in total. The van der Waals surface area contributed by atoms with Gasteiger partial charge in [-0.2, -0.15) is 0 Å². The first-order valence-corrected chi connectivity index (χ1v) is 11.6. The molecule has 0 radical (unpaired) electrons. The van der Waals surface area contributed by atoms with Crippen molar-refractivity contribution in [2.45, 2.75) is 26.7 Å². The van der Waals surface area contributed by atoms with Gasteiger partial charge in [0.05, 0.1) is 10.9 Å². The van der Waals surface area contributed by atoms with Crippen molar-refractivity contribution in [3.63, 3.8) is 0 Å². The van der Waals surface area contributed by atoms with Gasteiger partial charge < -0.3 is 10.6 Å². The van der Waals surface area contributed by atoms with Crippen LogP contribution in [-0.2, 0) is 15.3 Å². The van der Waals surface area contributed by atoms with Gasteiger partial charge in [-0.1, -0.05) is 41.3 Å². The standard InChI is InChI=1S/C17H14N4O2S4/c22-14(8-13-15(23)18-11-5-1-2-6-12(11)26-13)19-16-20-21-17(27-16)25-9-10-4-3-7-24-10/h1-7,13H,8-9H2,(H,18,23)(H,19,20,22). The number of nitrogens with one attached hydrogen (secondary N) is 2. The fraction of sp³-hybridized carbons (Fsp3) is 0.176. The molecule has 0 saturated heterocycles. The highest BCUT2D eigenvalue weighted by molar-refractivity contribution is 8.01. The van der Waals surface area contributed by atoms with Crippen LogP contribution in [0.5, 0.6) is 0 Å². The second-order valence-corrected chi connectivity index (χ2v) is 10.1. The third-order valence-corrected chi connectivity index (χ3v) is 8.00. The van der Waals surface area contributed by atoms with Crippen LogP contribution in [0, 0.1) is 0 Å². The van der Waals surface area contributed by atoms with Crippen LogP contribution in [0.25, 0.3) is 0 Å². The smallest absolute Gasteiger partial charge is 0.238 e. The minimum absolute atomic E-state index is 0.0854. The maximum absolute atomic E-state index is 12.3. The van der Waals surface area contributed by atoms with Gasteiger partial charge in [0.1, 0.15) is 0 Å². The van der Waals surface area contributed by atoms with Crippen LogP contribution in [0.15, 0.2) is 51.0 Å². The van der Waals surface area contributed by atoms with Crippen molar-refractivity contribution in [1.82, 2.24) is 10.2 Å². The van der Waals surface area contributed by atoms with Crippen molar-refractivity contribution in [2.75, 3.05) is 10.6 Å². The number of benzene rings is 1. The molecule has 0 spiro atoms. The van der Waals surface area contributed by atoms with E-state index in [4.69, 9.17) is 0 Å². The number of hydrogen-bond donors (Lipinski definition) is 2. The average molecular weight is 435 g/mol. The van der Waals surface area contributed by atoms with Crippen LogP contribution in [0.2, 0.25) is 0 Å². The summed E-state index contributed by atoms with van der Waals surface area (Å²) in [4.78, 5) is 26.8. The summed E-state index contributed by atoms with van der Waals surface area (Å²) >= 11 is 6.04. The first-order chi connectivity index (χ1) is 13.2. The number of thioether (sulfide) groups is 2. The van der Waals surface area contributed by atoms with E-state index in [-0.39, 0.29) is 18.2 Å². The second-order valence-electron chi connectivity index (χ2n) is 5.59. The highest BCUT2D eigenvalue weighted by Gasteiger charge is 2.29. The Kier molecular flexibility index (Phi) is 5.77. The summed E-state index contributed by atoms with van der Waals surface area (Å²) < 4.78 is 0.803. The third-order valence-electron chi connectivity index (χ3n) is 3.65. The first kappa shape index (κ1) is 18.5. The Morgan fingerprint density at radius 2 is 2.11 bits per heavy atom. The summed E-state index contributed by atoms with van der Waals surface area (Å²) in [6.45, 7) is 0. The number of hydrogen-bond acceptors (Lipinski definition) is 8. The molecule has 6 nitrogen and oxygen atoms in total. The fourth-order valence-electron chi connectivity index (χ4n) is 2.41. The zero-order chi connectivity index (χ0) is 18.6. The largest absolute Gasteiger partial charge is 0.324 e. The van der Waals surface area contributed by atoms with E-state index >= 15 is 0 Å². The molecule has 0 aliphatic carbocycles. The van der Waals surface area contributed by atoms with Crippen molar-refractivity contribution in [3.8, 4) is 0 Å². The quantitative estimate of drug-likeness (QED) is 0.444. The molecular weight excluding hydrogens is 420 g/mol. The maximum Gasteiger partial charge on any atom is 0.238 e. The van der Waals surface area contributed by atoms with Gasteiger partial charge in [0, 0.05) is 21.9 Å². The highest BCUT2D eigenvalue weighted by atomic mass is 32.2. The molecule has 10 heteroatoms. The van der Waals surface area contributed by atoms with Crippen LogP contribution in [0.4, 0.5) is 10.8 Å². The molecule has 0 fully saturated rings. The van der Waals surface area contributed by atoms with E-state index in [1.54, 1.807) is 23.1 Å². The molecular formula is C17H14N4O2S4. The van der Waals surface area contributed by atoms with E-state index in [9.17, 15) is 9.59 Å².